The second kappa shape index (κ2) is 11.4. The van der Waals surface area contributed by atoms with Crippen molar-refractivity contribution in [2.75, 3.05) is 33.8 Å². The van der Waals surface area contributed by atoms with E-state index >= 15 is 0 Å². The minimum Gasteiger partial charge on any atom is -0.396 e. The van der Waals surface area contributed by atoms with E-state index in [1.54, 1.807) is 26.2 Å². The Morgan fingerprint density at radius 1 is 1.10 bits per heavy atom. The van der Waals surface area contributed by atoms with Crippen LogP contribution in [0.2, 0.25) is 0 Å². The van der Waals surface area contributed by atoms with Gasteiger partial charge in [-0.3, -0.25) is 14.4 Å². The van der Waals surface area contributed by atoms with Crippen LogP contribution in [0.5, 0.6) is 0 Å². The summed E-state index contributed by atoms with van der Waals surface area (Å²) < 4.78 is 40.4. The first-order valence-corrected chi connectivity index (χ1v) is 13.5. The molecule has 2 unspecified atom stereocenters. The third-order valence-electron chi connectivity index (χ3n) is 8.48. The van der Waals surface area contributed by atoms with Gasteiger partial charge in [-0.1, -0.05) is 43.2 Å². The Labute approximate surface area is 231 Å². The highest BCUT2D eigenvalue weighted by molar-refractivity contribution is 6.00. The number of likely N-dealkylation sites (tertiary alicyclic amines) is 1. The van der Waals surface area contributed by atoms with Crippen molar-refractivity contribution in [3.8, 4) is 11.1 Å². The van der Waals surface area contributed by atoms with Crippen molar-refractivity contribution >= 4 is 11.8 Å². The van der Waals surface area contributed by atoms with E-state index in [0.29, 0.717) is 29.5 Å². The van der Waals surface area contributed by atoms with Crippen molar-refractivity contribution in [2.45, 2.75) is 56.8 Å². The number of aliphatic hydroxyl groups excluding tert-OH is 1. The number of hydrogen-bond acceptors (Lipinski definition) is 5. The van der Waals surface area contributed by atoms with Gasteiger partial charge in [0.25, 0.3) is 11.5 Å². The summed E-state index contributed by atoms with van der Waals surface area (Å²) >= 11 is 0. The first kappa shape index (κ1) is 29.8. The number of rotatable bonds is 7. The smallest absolute Gasteiger partial charge is 0.389 e. The van der Waals surface area contributed by atoms with Crippen LogP contribution in [-0.4, -0.2) is 82.0 Å². The Bertz CT molecular complexity index is 1290. The number of aliphatic hydroxyl groups is 2. The van der Waals surface area contributed by atoms with E-state index in [9.17, 15) is 37.8 Å². The van der Waals surface area contributed by atoms with Gasteiger partial charge in [-0.2, -0.15) is 13.2 Å². The molecule has 1 aliphatic heterocycles. The molecular formula is C29H36F3N3O5. The van der Waals surface area contributed by atoms with Crippen molar-refractivity contribution in [2.24, 2.45) is 11.3 Å². The molecule has 1 aromatic carbocycles. The van der Waals surface area contributed by atoms with Gasteiger partial charge in [0.1, 0.15) is 0 Å². The van der Waals surface area contributed by atoms with Gasteiger partial charge in [0.15, 0.2) is 0 Å². The zero-order valence-corrected chi connectivity index (χ0v) is 22.8. The molecule has 2 aromatic rings. The molecular weight excluding hydrogens is 527 g/mol. The molecule has 2 aliphatic rings. The molecule has 8 nitrogen and oxygen atoms in total. The molecule has 2 fully saturated rings. The summed E-state index contributed by atoms with van der Waals surface area (Å²) in [5, 5.41) is 21.6. The highest BCUT2D eigenvalue weighted by atomic mass is 19.4. The predicted octanol–water partition coefficient (Wildman–Crippen LogP) is 3.30. The van der Waals surface area contributed by atoms with Gasteiger partial charge in [-0.05, 0) is 24.8 Å². The minimum atomic E-state index is -4.60. The van der Waals surface area contributed by atoms with Gasteiger partial charge in [0.2, 0.25) is 5.91 Å². The number of alkyl halides is 3. The van der Waals surface area contributed by atoms with Gasteiger partial charge in [-0.25, -0.2) is 0 Å². The largest absolute Gasteiger partial charge is 0.396 e. The second-order valence-electron chi connectivity index (χ2n) is 11.4. The van der Waals surface area contributed by atoms with Crippen LogP contribution >= 0.6 is 0 Å². The highest BCUT2D eigenvalue weighted by Gasteiger charge is 2.56. The van der Waals surface area contributed by atoms with Crippen LogP contribution in [0.4, 0.5) is 13.2 Å². The summed E-state index contributed by atoms with van der Waals surface area (Å²) in [5.74, 6) is -2.69. The van der Waals surface area contributed by atoms with Crippen LogP contribution in [0.1, 0.15) is 48.9 Å². The third kappa shape index (κ3) is 5.95. The number of carbonyl (C=O) groups excluding carboxylic acids is 2. The Kier molecular flexibility index (Phi) is 8.46. The molecule has 0 radical (unpaired) electrons. The fraction of sp³-hybridized carbons (Fsp3) is 0.552. The number of piperidine rings is 1. The molecule has 1 aromatic heterocycles. The van der Waals surface area contributed by atoms with Gasteiger partial charge < -0.3 is 24.6 Å². The minimum absolute atomic E-state index is 0.00816. The molecule has 2 atom stereocenters. The van der Waals surface area contributed by atoms with Crippen molar-refractivity contribution in [3.63, 3.8) is 0 Å². The number of pyridine rings is 1. The standard InChI is InChI=1S/C29H36F3N3O5/c1-33(2)26(39)23-16-35(24(37)14-22(23)20-8-4-3-5-9-20)19-28(40)12-13-34(18-27(28)10-6-7-11-27)25(38)21(17-36)15-29(30,31)32/h3-5,8-9,14,16,21,36,40H,6-7,10-13,15,17-19H2,1-2H3. The third-order valence-corrected chi connectivity index (χ3v) is 8.48. The Hall–Kier alpha value is -3.18. The van der Waals surface area contributed by atoms with Crippen LogP contribution in [0, 0.1) is 11.3 Å². The molecule has 1 saturated heterocycles. The molecule has 1 spiro atoms. The van der Waals surface area contributed by atoms with Crippen molar-refractivity contribution in [1.29, 1.82) is 0 Å². The summed E-state index contributed by atoms with van der Waals surface area (Å²) in [7, 11) is 3.22. The van der Waals surface area contributed by atoms with Crippen LogP contribution in [0.3, 0.4) is 0 Å². The zero-order valence-electron chi connectivity index (χ0n) is 22.8. The van der Waals surface area contributed by atoms with E-state index in [1.165, 1.54) is 26.6 Å². The molecule has 40 heavy (non-hydrogen) atoms. The SMILES string of the molecule is CN(C)C(=O)c1cn(CC2(O)CCN(C(=O)C(CO)CC(F)(F)F)CC23CCCC3)c(=O)cc1-c1ccccc1. The van der Waals surface area contributed by atoms with E-state index in [2.05, 4.69) is 0 Å². The monoisotopic (exact) mass is 563 g/mol. The average molecular weight is 564 g/mol. The summed E-state index contributed by atoms with van der Waals surface area (Å²) in [4.78, 5) is 42.2. The fourth-order valence-corrected chi connectivity index (χ4v) is 6.30. The van der Waals surface area contributed by atoms with E-state index in [-0.39, 0.29) is 32.0 Å². The van der Waals surface area contributed by atoms with E-state index in [0.717, 1.165) is 12.8 Å². The van der Waals surface area contributed by atoms with Crippen molar-refractivity contribution in [3.05, 3.63) is 58.5 Å². The van der Waals surface area contributed by atoms with Gasteiger partial charge in [0, 0.05) is 50.4 Å². The maximum atomic E-state index is 13.3. The summed E-state index contributed by atoms with van der Waals surface area (Å²) in [6.07, 6.45) is -1.89. The van der Waals surface area contributed by atoms with Crippen molar-refractivity contribution < 1.29 is 33.0 Å². The normalized spacial score (nSPS) is 21.4. The lowest BCUT2D eigenvalue weighted by atomic mass is 9.65. The van der Waals surface area contributed by atoms with Crippen LogP contribution in [-0.2, 0) is 11.3 Å². The number of amides is 2. The molecule has 1 aliphatic carbocycles. The van der Waals surface area contributed by atoms with Crippen LogP contribution in [0.15, 0.2) is 47.4 Å². The highest BCUT2D eigenvalue weighted by Crippen LogP contribution is 2.52. The first-order chi connectivity index (χ1) is 18.8. The van der Waals surface area contributed by atoms with Crippen molar-refractivity contribution in [1.82, 2.24) is 14.4 Å². The topological polar surface area (TPSA) is 103 Å². The van der Waals surface area contributed by atoms with E-state index < -0.39 is 47.6 Å². The zero-order chi connectivity index (χ0) is 29.3. The molecule has 4 rings (SSSR count). The molecule has 2 amide bonds. The molecule has 11 heteroatoms. The number of halogens is 3. The number of benzene rings is 1. The lowest BCUT2D eigenvalue weighted by Crippen LogP contribution is -2.62. The first-order valence-electron chi connectivity index (χ1n) is 13.5. The molecule has 0 bridgehead atoms. The van der Waals surface area contributed by atoms with Crippen LogP contribution < -0.4 is 5.56 Å². The number of carbonyl (C=O) groups is 2. The lowest BCUT2D eigenvalue weighted by Gasteiger charge is -2.52. The molecule has 218 valence electrons. The average Bonchev–Trinajstić information content (AvgIpc) is 3.39. The van der Waals surface area contributed by atoms with Crippen LogP contribution in [0.25, 0.3) is 11.1 Å². The molecule has 2 N–H and O–H groups in total. The maximum Gasteiger partial charge on any atom is 0.389 e. The summed E-state index contributed by atoms with van der Waals surface area (Å²) in [6, 6.07) is 10.4. The predicted molar refractivity (Wildman–Crippen MR) is 142 cm³/mol. The van der Waals surface area contributed by atoms with Gasteiger partial charge in [0.05, 0.1) is 36.7 Å². The maximum absolute atomic E-state index is 13.3. The lowest BCUT2D eigenvalue weighted by molar-refractivity contribution is -0.175. The quantitative estimate of drug-likeness (QED) is 0.538. The molecule has 2 heterocycles. The Morgan fingerprint density at radius 2 is 1.75 bits per heavy atom. The van der Waals surface area contributed by atoms with Gasteiger partial charge >= 0.3 is 6.18 Å². The number of hydrogen-bond donors (Lipinski definition) is 2. The van der Waals surface area contributed by atoms with Gasteiger partial charge in [-0.15, -0.1) is 0 Å². The summed E-state index contributed by atoms with van der Waals surface area (Å²) in [6.45, 7) is -1.01. The number of nitrogens with zero attached hydrogens (tertiary/aromatic N) is 3. The molecule has 1 saturated carbocycles. The van der Waals surface area contributed by atoms with E-state index in [4.69, 9.17) is 0 Å². The Morgan fingerprint density at radius 3 is 2.33 bits per heavy atom. The number of aromatic nitrogens is 1. The summed E-state index contributed by atoms with van der Waals surface area (Å²) in [5.41, 5.74) is -1.20. The fourth-order valence-electron chi connectivity index (χ4n) is 6.30. The Balaban J connectivity index is 1.67. The second-order valence-corrected chi connectivity index (χ2v) is 11.4. The van der Waals surface area contributed by atoms with E-state index in [1.807, 2.05) is 18.2 Å².